The highest BCUT2D eigenvalue weighted by molar-refractivity contribution is 5.81. The van der Waals surface area contributed by atoms with Crippen LogP contribution >= 0.6 is 0 Å². The van der Waals surface area contributed by atoms with E-state index in [-0.39, 0.29) is 0 Å². The summed E-state index contributed by atoms with van der Waals surface area (Å²) in [5.74, 6) is 3.27. The summed E-state index contributed by atoms with van der Waals surface area (Å²) in [5.41, 5.74) is 1.45. The van der Waals surface area contributed by atoms with Gasteiger partial charge in [0.1, 0.15) is 0 Å². The molecule has 21 heavy (non-hydrogen) atoms. The number of nitrogens with zero attached hydrogens (tertiary/aromatic N) is 2. The van der Waals surface area contributed by atoms with Crippen molar-refractivity contribution < 1.29 is 0 Å². The van der Waals surface area contributed by atoms with Gasteiger partial charge in [-0.2, -0.15) is 0 Å². The van der Waals surface area contributed by atoms with Crippen molar-refractivity contribution in [2.45, 2.75) is 38.6 Å². The van der Waals surface area contributed by atoms with Gasteiger partial charge in [-0.1, -0.05) is 44.2 Å². The SMILES string of the molecule is CN=C(NC1CC1c1ccccc1)N1CC(C)CC(C)C1. The molecule has 114 valence electrons. The van der Waals surface area contributed by atoms with Gasteiger partial charge in [-0.3, -0.25) is 4.99 Å². The third kappa shape index (κ3) is 3.39. The van der Waals surface area contributed by atoms with Crippen LogP contribution in [0.25, 0.3) is 0 Å². The van der Waals surface area contributed by atoms with Gasteiger partial charge in [-0.05, 0) is 30.2 Å². The lowest BCUT2D eigenvalue weighted by atomic mass is 9.92. The Hall–Kier alpha value is -1.51. The summed E-state index contributed by atoms with van der Waals surface area (Å²) in [6.07, 6.45) is 2.56. The van der Waals surface area contributed by atoms with Crippen molar-refractivity contribution in [3.63, 3.8) is 0 Å². The Balaban J connectivity index is 1.59. The Labute approximate surface area is 128 Å². The van der Waals surface area contributed by atoms with E-state index in [0.717, 1.165) is 30.9 Å². The van der Waals surface area contributed by atoms with Gasteiger partial charge in [-0.25, -0.2) is 0 Å². The van der Waals surface area contributed by atoms with Crippen molar-refractivity contribution in [3.05, 3.63) is 35.9 Å². The normalized spacial score (nSPS) is 32.9. The highest BCUT2D eigenvalue weighted by Crippen LogP contribution is 2.40. The Morgan fingerprint density at radius 2 is 1.76 bits per heavy atom. The van der Waals surface area contributed by atoms with E-state index in [2.05, 4.69) is 59.4 Å². The second-order valence-electron chi connectivity index (χ2n) is 6.90. The van der Waals surface area contributed by atoms with Gasteiger partial charge in [0, 0.05) is 32.1 Å². The smallest absolute Gasteiger partial charge is 0.193 e. The zero-order valence-electron chi connectivity index (χ0n) is 13.4. The third-order valence-electron chi connectivity index (χ3n) is 4.71. The fourth-order valence-corrected chi connectivity index (χ4v) is 3.72. The van der Waals surface area contributed by atoms with E-state index in [1.807, 2.05) is 7.05 Å². The molecule has 1 N–H and O–H groups in total. The molecule has 3 nitrogen and oxygen atoms in total. The predicted octanol–water partition coefficient (Wildman–Crippen LogP) is 3.10. The highest BCUT2D eigenvalue weighted by atomic mass is 15.3. The van der Waals surface area contributed by atoms with E-state index in [0.29, 0.717) is 12.0 Å². The second-order valence-corrected chi connectivity index (χ2v) is 6.90. The molecule has 0 bridgehead atoms. The van der Waals surface area contributed by atoms with Crippen LogP contribution in [0.2, 0.25) is 0 Å². The van der Waals surface area contributed by atoms with Crippen LogP contribution in [0.15, 0.2) is 35.3 Å². The Morgan fingerprint density at radius 1 is 1.10 bits per heavy atom. The average molecular weight is 285 g/mol. The molecule has 3 rings (SSSR count). The van der Waals surface area contributed by atoms with Crippen LogP contribution in [-0.2, 0) is 0 Å². The molecule has 2 aliphatic rings. The van der Waals surface area contributed by atoms with Crippen LogP contribution in [0, 0.1) is 11.8 Å². The molecule has 3 heteroatoms. The molecule has 0 amide bonds. The summed E-state index contributed by atoms with van der Waals surface area (Å²) in [6, 6.07) is 11.4. The molecule has 1 aromatic carbocycles. The molecule has 1 saturated carbocycles. The van der Waals surface area contributed by atoms with Crippen LogP contribution in [0.1, 0.15) is 38.2 Å². The number of likely N-dealkylation sites (tertiary alicyclic amines) is 1. The molecule has 1 saturated heterocycles. The molecule has 0 spiro atoms. The Bertz CT molecular complexity index is 486. The number of hydrogen-bond acceptors (Lipinski definition) is 1. The zero-order chi connectivity index (χ0) is 14.8. The van der Waals surface area contributed by atoms with E-state index >= 15 is 0 Å². The number of nitrogens with one attached hydrogen (secondary N) is 1. The summed E-state index contributed by atoms with van der Waals surface area (Å²) in [6.45, 7) is 6.96. The average Bonchev–Trinajstić information content (AvgIpc) is 3.24. The van der Waals surface area contributed by atoms with Crippen LogP contribution in [0.5, 0.6) is 0 Å². The van der Waals surface area contributed by atoms with Crippen LogP contribution in [-0.4, -0.2) is 37.0 Å². The standard InChI is InChI=1S/C18H27N3/c1-13-9-14(2)12-21(11-13)18(19-3)20-17-10-16(17)15-7-5-4-6-8-15/h4-8,13-14,16-17H,9-12H2,1-3H3,(H,19,20). The summed E-state index contributed by atoms with van der Waals surface area (Å²) in [7, 11) is 1.91. The van der Waals surface area contributed by atoms with Crippen molar-refractivity contribution >= 4 is 5.96 Å². The number of guanidine groups is 1. The van der Waals surface area contributed by atoms with E-state index in [1.54, 1.807) is 0 Å². The van der Waals surface area contributed by atoms with E-state index in [1.165, 1.54) is 18.4 Å². The summed E-state index contributed by atoms with van der Waals surface area (Å²) >= 11 is 0. The largest absolute Gasteiger partial charge is 0.353 e. The Kier molecular flexibility index (Phi) is 4.18. The van der Waals surface area contributed by atoms with E-state index in [4.69, 9.17) is 0 Å². The van der Waals surface area contributed by atoms with Gasteiger partial charge in [-0.15, -0.1) is 0 Å². The number of benzene rings is 1. The van der Waals surface area contributed by atoms with Crippen molar-refractivity contribution in [2.75, 3.05) is 20.1 Å². The summed E-state index contributed by atoms with van der Waals surface area (Å²) in [5, 5.41) is 3.68. The lowest BCUT2D eigenvalue weighted by molar-refractivity contribution is 0.208. The topological polar surface area (TPSA) is 27.6 Å². The number of piperidine rings is 1. The monoisotopic (exact) mass is 285 g/mol. The van der Waals surface area contributed by atoms with Crippen molar-refractivity contribution in [2.24, 2.45) is 16.8 Å². The first-order valence-electron chi connectivity index (χ1n) is 8.20. The van der Waals surface area contributed by atoms with Crippen LogP contribution < -0.4 is 5.32 Å². The number of rotatable bonds is 2. The minimum absolute atomic E-state index is 0.554. The molecule has 2 fully saturated rings. The maximum absolute atomic E-state index is 4.52. The summed E-state index contributed by atoms with van der Waals surface area (Å²) < 4.78 is 0. The number of hydrogen-bond donors (Lipinski definition) is 1. The van der Waals surface area contributed by atoms with Gasteiger partial charge in [0.25, 0.3) is 0 Å². The lowest BCUT2D eigenvalue weighted by Crippen LogP contribution is -2.49. The quantitative estimate of drug-likeness (QED) is 0.668. The van der Waals surface area contributed by atoms with Crippen LogP contribution in [0.4, 0.5) is 0 Å². The molecule has 1 heterocycles. The van der Waals surface area contributed by atoms with Crippen molar-refractivity contribution in [3.8, 4) is 0 Å². The number of aliphatic imine (C=N–C) groups is 1. The molecule has 4 unspecified atom stereocenters. The van der Waals surface area contributed by atoms with Gasteiger partial charge in [0.05, 0.1) is 0 Å². The van der Waals surface area contributed by atoms with Gasteiger partial charge >= 0.3 is 0 Å². The van der Waals surface area contributed by atoms with Gasteiger partial charge in [0.15, 0.2) is 5.96 Å². The van der Waals surface area contributed by atoms with E-state index in [9.17, 15) is 0 Å². The lowest BCUT2D eigenvalue weighted by Gasteiger charge is -2.37. The summed E-state index contributed by atoms with van der Waals surface area (Å²) in [4.78, 5) is 6.96. The molecule has 1 aliphatic heterocycles. The first-order valence-corrected chi connectivity index (χ1v) is 8.20. The minimum Gasteiger partial charge on any atom is -0.353 e. The minimum atomic E-state index is 0.554. The molecular formula is C18H27N3. The Morgan fingerprint density at radius 3 is 2.38 bits per heavy atom. The van der Waals surface area contributed by atoms with Crippen molar-refractivity contribution in [1.82, 2.24) is 10.2 Å². The second kappa shape index (κ2) is 6.08. The molecular weight excluding hydrogens is 258 g/mol. The highest BCUT2D eigenvalue weighted by Gasteiger charge is 2.39. The molecule has 0 radical (unpaired) electrons. The van der Waals surface area contributed by atoms with Gasteiger partial charge in [0.2, 0.25) is 0 Å². The first-order chi connectivity index (χ1) is 10.2. The molecule has 4 atom stereocenters. The van der Waals surface area contributed by atoms with E-state index < -0.39 is 0 Å². The molecule has 1 aromatic rings. The predicted molar refractivity (Wildman–Crippen MR) is 88.6 cm³/mol. The van der Waals surface area contributed by atoms with Crippen LogP contribution in [0.3, 0.4) is 0 Å². The maximum atomic E-state index is 4.52. The van der Waals surface area contributed by atoms with Crippen molar-refractivity contribution in [1.29, 1.82) is 0 Å². The fourth-order valence-electron chi connectivity index (χ4n) is 3.72. The maximum Gasteiger partial charge on any atom is 0.193 e. The first kappa shape index (κ1) is 14.4. The molecule has 0 aromatic heterocycles. The zero-order valence-corrected chi connectivity index (χ0v) is 13.4. The molecule has 1 aliphatic carbocycles. The third-order valence-corrected chi connectivity index (χ3v) is 4.71. The van der Waals surface area contributed by atoms with Gasteiger partial charge < -0.3 is 10.2 Å². The fraction of sp³-hybridized carbons (Fsp3) is 0.611.